The van der Waals surface area contributed by atoms with Gasteiger partial charge in [-0.3, -0.25) is 38.8 Å². The Bertz CT molecular complexity index is 2580. The smallest absolute Gasteiger partial charge is 0.262 e. The average Bonchev–Trinajstić information content (AvgIpc) is 3.52. The monoisotopic (exact) mass is 866 g/mol. The maximum atomic E-state index is 14.5. The molecule has 2 aromatic heterocycles. The SMILES string of the molecule is CCN(CC1CCN(c2ccc(C(N)=O)cn2)CC1)C1CC(Oc2ccc3c(c2)C(=O)N(C2CCC(=O)N(C4C(C)(C)C(Oc5ccc(C#N)c6ncccc56)C4(C)C)C2=O)C3=O)C1. The van der Waals surface area contributed by atoms with E-state index < -0.39 is 52.6 Å². The van der Waals surface area contributed by atoms with Crippen molar-refractivity contribution < 1.29 is 33.4 Å². The van der Waals surface area contributed by atoms with Crippen LogP contribution in [0.5, 0.6) is 11.5 Å². The number of nitrogens with two attached hydrogens (primary N) is 1. The number of piperidine rings is 2. The Balaban J connectivity index is 0.816. The largest absolute Gasteiger partial charge is 0.490 e. The van der Waals surface area contributed by atoms with E-state index in [1.54, 1.807) is 48.7 Å². The van der Waals surface area contributed by atoms with Crippen molar-refractivity contribution in [1.29, 1.82) is 5.26 Å². The van der Waals surface area contributed by atoms with Gasteiger partial charge in [0.2, 0.25) is 11.8 Å². The summed E-state index contributed by atoms with van der Waals surface area (Å²) in [5.41, 5.74) is 5.69. The minimum Gasteiger partial charge on any atom is -0.490 e. The van der Waals surface area contributed by atoms with Crippen molar-refractivity contribution in [3.8, 4) is 17.6 Å². The van der Waals surface area contributed by atoms with Crippen LogP contribution in [0.25, 0.3) is 10.9 Å². The zero-order chi connectivity index (χ0) is 45.2. The van der Waals surface area contributed by atoms with E-state index in [4.69, 9.17) is 15.2 Å². The number of ether oxygens (including phenoxy) is 2. The van der Waals surface area contributed by atoms with Crippen molar-refractivity contribution in [2.45, 2.75) is 103 Å². The summed E-state index contributed by atoms with van der Waals surface area (Å²) in [5.74, 6) is -0.0614. The topological polar surface area (TPSA) is 192 Å². The number of benzene rings is 2. The molecule has 0 bridgehead atoms. The Morgan fingerprint density at radius 3 is 2.31 bits per heavy atom. The lowest BCUT2D eigenvalue weighted by Crippen LogP contribution is -2.77. The van der Waals surface area contributed by atoms with Crippen molar-refractivity contribution in [2.24, 2.45) is 22.5 Å². The molecule has 15 heteroatoms. The van der Waals surface area contributed by atoms with Crippen molar-refractivity contribution >= 4 is 46.3 Å². The van der Waals surface area contributed by atoms with Crippen molar-refractivity contribution in [3.05, 3.63) is 89.2 Å². The van der Waals surface area contributed by atoms with Crippen LogP contribution in [0.1, 0.15) is 110 Å². The van der Waals surface area contributed by atoms with Crippen molar-refractivity contribution in [2.75, 3.05) is 31.1 Å². The van der Waals surface area contributed by atoms with Gasteiger partial charge in [-0.15, -0.1) is 0 Å². The third-order valence-corrected chi connectivity index (χ3v) is 14.5. The lowest BCUT2D eigenvalue weighted by molar-refractivity contribution is -0.215. The number of fused-ring (bicyclic) bond motifs is 2. The Kier molecular flexibility index (Phi) is 10.9. The highest BCUT2D eigenvalue weighted by atomic mass is 16.5. The molecule has 64 heavy (non-hydrogen) atoms. The maximum absolute atomic E-state index is 14.5. The van der Waals surface area contributed by atoms with Crippen LogP contribution in [-0.4, -0.2) is 111 Å². The lowest BCUT2D eigenvalue weighted by Gasteiger charge is -2.66. The van der Waals surface area contributed by atoms with Gasteiger partial charge in [0.1, 0.15) is 41.6 Å². The van der Waals surface area contributed by atoms with Gasteiger partial charge in [0.05, 0.1) is 33.8 Å². The van der Waals surface area contributed by atoms with E-state index in [0.29, 0.717) is 45.5 Å². The van der Waals surface area contributed by atoms with E-state index in [1.807, 2.05) is 39.8 Å². The minimum atomic E-state index is -1.14. The standard InChI is InChI=1S/C49H54N8O7/c1-6-54(27-28-17-20-55(21-18-28)39-15-10-30(26-53-39)42(51)59)31-22-33(23-31)63-32-11-12-34-36(24-32)44(61)56(43(34)60)37-13-16-40(58)57(45(37)62)46-48(2,3)47(49(46,4)5)64-38-14-9-29(25-50)41-35(38)8-7-19-52-41/h7-12,14-15,19,24,26,28,31,33,37,46-47H,6,13,16-18,20-23,27H2,1-5H3,(H2,51,59). The number of primary amides is 1. The van der Waals surface area contributed by atoms with Crippen LogP contribution in [-0.2, 0) is 9.59 Å². The Morgan fingerprint density at radius 1 is 0.906 bits per heavy atom. The molecule has 2 saturated heterocycles. The number of aromatic nitrogens is 2. The van der Waals surface area contributed by atoms with Gasteiger partial charge in [-0.25, -0.2) is 4.98 Å². The molecule has 2 aromatic carbocycles. The number of nitriles is 1. The molecule has 15 nitrogen and oxygen atoms in total. The highest BCUT2D eigenvalue weighted by Gasteiger charge is 2.68. The Morgan fingerprint density at radius 2 is 1.64 bits per heavy atom. The number of hydrogen-bond acceptors (Lipinski definition) is 12. The number of hydrogen-bond donors (Lipinski definition) is 1. The molecule has 2 saturated carbocycles. The fourth-order valence-corrected chi connectivity index (χ4v) is 11.5. The van der Waals surface area contributed by atoms with E-state index in [1.165, 1.54) is 11.1 Å². The lowest BCUT2D eigenvalue weighted by atomic mass is 9.48. The average molecular weight is 867 g/mol. The molecular formula is C49H54N8O7. The first-order valence-corrected chi connectivity index (χ1v) is 22.4. The summed E-state index contributed by atoms with van der Waals surface area (Å²) in [6, 6.07) is 16.4. The summed E-state index contributed by atoms with van der Waals surface area (Å²) in [4.78, 5) is 83.7. The number of imide groups is 2. The van der Waals surface area contributed by atoms with Gasteiger partial charge in [-0.05, 0) is 86.3 Å². The molecule has 5 aliphatic rings. The van der Waals surface area contributed by atoms with Crippen LogP contribution in [0.3, 0.4) is 0 Å². The third-order valence-electron chi connectivity index (χ3n) is 14.5. The molecule has 2 N–H and O–H groups in total. The van der Waals surface area contributed by atoms with Crippen LogP contribution in [0.15, 0.2) is 67.0 Å². The molecule has 4 aromatic rings. The molecule has 4 fully saturated rings. The summed E-state index contributed by atoms with van der Waals surface area (Å²) in [6.07, 6.45) is 6.51. The summed E-state index contributed by atoms with van der Waals surface area (Å²) >= 11 is 0. The molecule has 3 aliphatic heterocycles. The number of carbonyl (C=O) groups is 5. The second-order valence-electron chi connectivity index (χ2n) is 19.2. The summed E-state index contributed by atoms with van der Waals surface area (Å²) < 4.78 is 13.1. The fourth-order valence-electron chi connectivity index (χ4n) is 11.5. The Hall–Kier alpha value is -6.40. The molecule has 0 radical (unpaired) electrons. The number of anilines is 1. The number of amides is 5. The molecule has 2 aliphatic carbocycles. The van der Waals surface area contributed by atoms with Gasteiger partial charge >= 0.3 is 0 Å². The van der Waals surface area contributed by atoms with E-state index in [9.17, 15) is 29.2 Å². The van der Waals surface area contributed by atoms with Gasteiger partial charge in [-0.2, -0.15) is 5.26 Å². The predicted octanol–water partition coefficient (Wildman–Crippen LogP) is 5.74. The van der Waals surface area contributed by atoms with Crippen LogP contribution < -0.4 is 20.1 Å². The van der Waals surface area contributed by atoms with Gasteiger partial charge in [0.15, 0.2) is 0 Å². The molecule has 0 spiro atoms. The molecule has 332 valence electrons. The number of rotatable bonds is 12. The first kappa shape index (κ1) is 42.9. The quantitative estimate of drug-likeness (QED) is 0.170. The van der Waals surface area contributed by atoms with Crippen LogP contribution >= 0.6 is 0 Å². The molecular weight excluding hydrogens is 813 g/mol. The van der Waals surface area contributed by atoms with Gasteiger partial charge in [0.25, 0.3) is 17.7 Å². The molecule has 5 amide bonds. The molecule has 9 rings (SSSR count). The van der Waals surface area contributed by atoms with Gasteiger partial charge < -0.3 is 25.0 Å². The third kappa shape index (κ3) is 7.21. The summed E-state index contributed by atoms with van der Waals surface area (Å²) in [7, 11) is 0. The van der Waals surface area contributed by atoms with Crippen molar-refractivity contribution in [1.82, 2.24) is 24.7 Å². The fraction of sp³-hybridized carbons (Fsp3) is 0.469. The summed E-state index contributed by atoms with van der Waals surface area (Å²) in [6.45, 7) is 13.7. The van der Waals surface area contributed by atoms with E-state index in [2.05, 4.69) is 32.8 Å². The van der Waals surface area contributed by atoms with Crippen molar-refractivity contribution in [3.63, 3.8) is 0 Å². The highest BCUT2D eigenvalue weighted by molar-refractivity contribution is 6.23. The second-order valence-corrected chi connectivity index (χ2v) is 19.2. The number of carbonyl (C=O) groups excluding carboxylic acids is 5. The highest BCUT2D eigenvalue weighted by Crippen LogP contribution is 2.59. The number of likely N-dealkylation sites (tertiary alicyclic amines) is 1. The Labute approximate surface area is 372 Å². The van der Waals surface area contributed by atoms with E-state index >= 15 is 0 Å². The zero-order valence-electron chi connectivity index (χ0n) is 37.0. The van der Waals surface area contributed by atoms with Crippen LogP contribution in [0, 0.1) is 28.1 Å². The molecule has 1 unspecified atom stereocenters. The molecule has 1 atom stereocenters. The zero-order valence-corrected chi connectivity index (χ0v) is 37.0. The van der Waals surface area contributed by atoms with Crippen LogP contribution in [0.2, 0.25) is 0 Å². The van der Waals surface area contributed by atoms with E-state index in [-0.39, 0.29) is 36.0 Å². The number of nitrogens with zero attached hydrogens (tertiary/aromatic N) is 7. The first-order chi connectivity index (χ1) is 30.6. The minimum absolute atomic E-state index is 0.000640. The number of pyridine rings is 2. The normalized spacial score (nSPS) is 25.2. The maximum Gasteiger partial charge on any atom is 0.262 e. The van der Waals surface area contributed by atoms with Crippen LogP contribution in [0.4, 0.5) is 5.82 Å². The predicted molar refractivity (Wildman–Crippen MR) is 236 cm³/mol. The second kappa shape index (κ2) is 16.3. The van der Waals surface area contributed by atoms with Gasteiger partial charge in [-0.1, -0.05) is 34.6 Å². The summed E-state index contributed by atoms with van der Waals surface area (Å²) in [5, 5.41) is 10.3. The van der Waals surface area contributed by atoms with E-state index in [0.717, 1.165) is 62.6 Å². The van der Waals surface area contributed by atoms with Gasteiger partial charge in [0, 0.05) is 73.5 Å². The first-order valence-electron chi connectivity index (χ1n) is 22.4. The molecule has 5 heterocycles.